The SMILES string of the molecule is CC(C)O.CC(C)O.[F][Ti][F]. The third kappa shape index (κ3) is 3100. The molecule has 0 heterocycles. The minimum absolute atomic E-state index is 0.167. The second kappa shape index (κ2) is 16.8. The predicted molar refractivity (Wildman–Crippen MR) is 36.9 cm³/mol. The molecule has 2 nitrogen and oxygen atoms in total. The van der Waals surface area contributed by atoms with Crippen molar-refractivity contribution in [1.82, 2.24) is 0 Å². The fourth-order valence-electron chi connectivity index (χ4n) is 0. The fraction of sp³-hybridized carbons (Fsp3) is 1.00. The number of rotatable bonds is 0. The van der Waals surface area contributed by atoms with Gasteiger partial charge in [0.1, 0.15) is 0 Å². The molecule has 70 valence electrons. The third-order valence-corrected chi connectivity index (χ3v) is 0. The van der Waals surface area contributed by atoms with Crippen molar-refractivity contribution in [2.24, 2.45) is 0 Å². The van der Waals surface area contributed by atoms with Crippen molar-refractivity contribution in [2.75, 3.05) is 0 Å². The van der Waals surface area contributed by atoms with Crippen molar-refractivity contribution in [3.8, 4) is 0 Å². The molecule has 0 unspecified atom stereocenters. The summed E-state index contributed by atoms with van der Waals surface area (Å²) in [5.41, 5.74) is 0. The summed E-state index contributed by atoms with van der Waals surface area (Å²) in [6.45, 7) is 6.89. The fourth-order valence-corrected chi connectivity index (χ4v) is 0. The van der Waals surface area contributed by atoms with Gasteiger partial charge in [-0.05, 0) is 27.7 Å². The molecular weight excluding hydrogens is 190 g/mol. The van der Waals surface area contributed by atoms with Gasteiger partial charge in [-0.1, -0.05) is 0 Å². The van der Waals surface area contributed by atoms with Crippen LogP contribution in [0.4, 0.5) is 6.18 Å². The molecule has 0 aromatic heterocycles. The van der Waals surface area contributed by atoms with Crippen LogP contribution in [0.3, 0.4) is 0 Å². The van der Waals surface area contributed by atoms with Crippen molar-refractivity contribution < 1.29 is 36.6 Å². The van der Waals surface area contributed by atoms with E-state index < -0.39 is 20.2 Å². The summed E-state index contributed by atoms with van der Waals surface area (Å²) in [4.78, 5) is 0. The molecule has 0 aliphatic rings. The Balaban J connectivity index is -0.0000000886. The average Bonchev–Trinajstić information content (AvgIpc) is 1.60. The average molecular weight is 206 g/mol. The van der Waals surface area contributed by atoms with Crippen LogP contribution in [0.1, 0.15) is 27.7 Å². The van der Waals surface area contributed by atoms with E-state index in [2.05, 4.69) is 0 Å². The van der Waals surface area contributed by atoms with E-state index in [-0.39, 0.29) is 12.2 Å². The molecule has 0 atom stereocenters. The molecule has 0 aromatic carbocycles. The van der Waals surface area contributed by atoms with E-state index in [1.165, 1.54) is 0 Å². The van der Waals surface area contributed by atoms with E-state index in [1.54, 1.807) is 27.7 Å². The summed E-state index contributed by atoms with van der Waals surface area (Å²) in [6, 6.07) is 0. The van der Waals surface area contributed by atoms with Gasteiger partial charge in [-0.25, -0.2) is 0 Å². The van der Waals surface area contributed by atoms with E-state index in [0.717, 1.165) is 0 Å². The van der Waals surface area contributed by atoms with Crippen LogP contribution in [0.2, 0.25) is 0 Å². The molecule has 0 fully saturated rings. The second-order valence-corrected chi connectivity index (χ2v) is 2.48. The van der Waals surface area contributed by atoms with Gasteiger partial charge >= 0.3 is 26.4 Å². The van der Waals surface area contributed by atoms with E-state index in [4.69, 9.17) is 10.2 Å². The number of halogens is 2. The Morgan fingerprint density at radius 3 is 0.909 bits per heavy atom. The topological polar surface area (TPSA) is 40.5 Å². The molecule has 2 N–H and O–H groups in total. The summed E-state index contributed by atoms with van der Waals surface area (Å²) in [5.74, 6) is 0. The predicted octanol–water partition coefficient (Wildman–Crippen LogP) is 1.61. The molecule has 11 heavy (non-hydrogen) atoms. The normalized spacial score (nSPS) is 7.82. The van der Waals surface area contributed by atoms with Crippen LogP contribution in [0.5, 0.6) is 0 Å². The summed E-state index contributed by atoms with van der Waals surface area (Å²) >= 11 is -2.50. The van der Waals surface area contributed by atoms with Gasteiger partial charge < -0.3 is 10.2 Å². The molecule has 5 heteroatoms. The van der Waals surface area contributed by atoms with Crippen LogP contribution in [0.15, 0.2) is 0 Å². The first-order valence-corrected chi connectivity index (χ1v) is 4.38. The Labute approximate surface area is 76.9 Å². The number of aliphatic hydroxyl groups is 2. The Bertz CT molecular complexity index is 42.3. The molecule has 0 bridgehead atoms. The Morgan fingerprint density at radius 1 is 0.909 bits per heavy atom. The van der Waals surface area contributed by atoms with Gasteiger partial charge in [0.2, 0.25) is 0 Å². The van der Waals surface area contributed by atoms with E-state index >= 15 is 0 Å². The van der Waals surface area contributed by atoms with E-state index in [0.29, 0.717) is 0 Å². The molecule has 0 rings (SSSR count). The maximum absolute atomic E-state index is 9.75. The van der Waals surface area contributed by atoms with Gasteiger partial charge in [-0.3, -0.25) is 0 Å². The molecule has 0 aliphatic heterocycles. The summed E-state index contributed by atoms with van der Waals surface area (Å²) in [7, 11) is 0. The first-order chi connectivity index (χ1) is 4.88. The van der Waals surface area contributed by atoms with Gasteiger partial charge in [-0.15, -0.1) is 0 Å². The number of hydrogen-bond donors (Lipinski definition) is 2. The third-order valence-electron chi connectivity index (χ3n) is 0. The van der Waals surface area contributed by atoms with Crippen molar-refractivity contribution in [1.29, 1.82) is 0 Å². The quantitative estimate of drug-likeness (QED) is 0.591. The maximum atomic E-state index is 9.75. The van der Waals surface area contributed by atoms with Crippen molar-refractivity contribution in [2.45, 2.75) is 39.9 Å². The van der Waals surface area contributed by atoms with Gasteiger partial charge in [0, 0.05) is 12.2 Å². The molecule has 0 spiro atoms. The first kappa shape index (κ1) is 17.5. The van der Waals surface area contributed by atoms with E-state index in [9.17, 15) is 6.18 Å². The molecular formula is C6H16F2O2Ti. The van der Waals surface area contributed by atoms with Crippen LogP contribution in [0.25, 0.3) is 0 Å². The summed E-state index contributed by atoms with van der Waals surface area (Å²) in [5, 5.41) is 16.1. The molecule has 0 aromatic rings. The molecule has 0 radical (unpaired) electrons. The van der Waals surface area contributed by atoms with E-state index in [1.807, 2.05) is 0 Å². The monoisotopic (exact) mass is 206 g/mol. The summed E-state index contributed by atoms with van der Waals surface area (Å²) < 4.78 is 19.5. The zero-order chi connectivity index (χ0) is 9.86. The van der Waals surface area contributed by atoms with Gasteiger partial charge in [-0.2, -0.15) is 0 Å². The van der Waals surface area contributed by atoms with Crippen molar-refractivity contribution >= 4 is 0 Å². The van der Waals surface area contributed by atoms with Crippen molar-refractivity contribution in [3.63, 3.8) is 0 Å². The molecule has 0 aliphatic carbocycles. The van der Waals surface area contributed by atoms with Crippen LogP contribution in [0, 0.1) is 0 Å². The number of aliphatic hydroxyl groups excluding tert-OH is 2. The first-order valence-electron chi connectivity index (χ1n) is 3.20. The zero-order valence-corrected chi connectivity index (χ0v) is 8.87. The Morgan fingerprint density at radius 2 is 0.909 bits per heavy atom. The van der Waals surface area contributed by atoms with Crippen LogP contribution in [-0.2, 0) is 20.2 Å². The Kier molecular flexibility index (Phi) is 26.9. The standard InChI is InChI=1S/2C3H8O.2FH.Ti/c2*1-3(2)4;;;/h2*3-4H,1-2H3;2*1H;/q;;;;+2/p-2. The molecule has 0 saturated heterocycles. The van der Waals surface area contributed by atoms with Crippen molar-refractivity contribution in [3.05, 3.63) is 0 Å². The van der Waals surface area contributed by atoms with Gasteiger partial charge in [0.05, 0.1) is 0 Å². The van der Waals surface area contributed by atoms with Crippen LogP contribution >= 0.6 is 0 Å². The van der Waals surface area contributed by atoms with Crippen LogP contribution < -0.4 is 0 Å². The van der Waals surface area contributed by atoms with Gasteiger partial charge in [0.15, 0.2) is 0 Å². The van der Waals surface area contributed by atoms with Gasteiger partial charge in [0.25, 0.3) is 0 Å². The Hall–Kier alpha value is 0.494. The van der Waals surface area contributed by atoms with Crippen LogP contribution in [-0.4, -0.2) is 22.4 Å². The molecule has 0 saturated carbocycles. The number of hydrogen-bond acceptors (Lipinski definition) is 2. The zero-order valence-electron chi connectivity index (χ0n) is 7.31. The molecule has 0 amide bonds. The summed E-state index contributed by atoms with van der Waals surface area (Å²) in [6.07, 6.45) is -0.333. The minimum atomic E-state index is -2.50. The second-order valence-electron chi connectivity index (χ2n) is 2.26.